The normalized spacial score (nSPS) is 38.1. The van der Waals surface area contributed by atoms with Gasteiger partial charge in [-0.1, -0.05) is 13.3 Å². The van der Waals surface area contributed by atoms with Crippen molar-refractivity contribution < 1.29 is 9.90 Å². The van der Waals surface area contributed by atoms with Crippen LogP contribution in [0.3, 0.4) is 0 Å². The molecule has 0 bridgehead atoms. The Kier molecular flexibility index (Phi) is 2.33. The third kappa shape index (κ3) is 1.62. The second-order valence-corrected chi connectivity index (χ2v) is 3.66. The summed E-state index contributed by atoms with van der Waals surface area (Å²) >= 11 is 0. The van der Waals surface area contributed by atoms with E-state index < -0.39 is 5.60 Å². The van der Waals surface area contributed by atoms with Gasteiger partial charge in [0, 0.05) is 12.3 Å². The molecule has 2 atom stereocenters. The molecule has 1 aliphatic rings. The molecule has 0 aromatic heterocycles. The lowest BCUT2D eigenvalue weighted by Gasteiger charge is -2.23. The molecule has 64 valence electrons. The first-order valence-corrected chi connectivity index (χ1v) is 4.33. The summed E-state index contributed by atoms with van der Waals surface area (Å²) in [6, 6.07) is 0. The summed E-state index contributed by atoms with van der Waals surface area (Å²) < 4.78 is 0. The van der Waals surface area contributed by atoms with Gasteiger partial charge in [-0.15, -0.1) is 0 Å². The number of hydrogen-bond donors (Lipinski definition) is 1. The van der Waals surface area contributed by atoms with Gasteiger partial charge in [-0.3, -0.25) is 4.79 Å². The molecule has 2 nitrogen and oxygen atoms in total. The van der Waals surface area contributed by atoms with Crippen LogP contribution in [-0.4, -0.2) is 16.5 Å². The quantitative estimate of drug-likeness (QED) is 0.658. The molecule has 0 amide bonds. The Morgan fingerprint density at radius 1 is 1.73 bits per heavy atom. The zero-order valence-electron chi connectivity index (χ0n) is 7.26. The molecule has 0 heterocycles. The van der Waals surface area contributed by atoms with Gasteiger partial charge in [0.25, 0.3) is 0 Å². The molecule has 0 aromatic rings. The van der Waals surface area contributed by atoms with Gasteiger partial charge >= 0.3 is 0 Å². The van der Waals surface area contributed by atoms with Crippen molar-refractivity contribution in [3.8, 4) is 0 Å². The maximum atomic E-state index is 11.2. The van der Waals surface area contributed by atoms with Crippen molar-refractivity contribution in [2.24, 2.45) is 5.92 Å². The van der Waals surface area contributed by atoms with Gasteiger partial charge in [-0.05, 0) is 19.8 Å². The van der Waals surface area contributed by atoms with Crippen LogP contribution in [0.25, 0.3) is 0 Å². The highest BCUT2D eigenvalue weighted by molar-refractivity contribution is 5.84. The second-order valence-electron chi connectivity index (χ2n) is 3.66. The smallest absolute Gasteiger partial charge is 0.138 e. The Balaban J connectivity index is 2.64. The zero-order valence-corrected chi connectivity index (χ0v) is 7.26. The lowest BCUT2D eigenvalue weighted by molar-refractivity contribution is -0.124. The van der Waals surface area contributed by atoms with Crippen LogP contribution in [0.2, 0.25) is 0 Å². The summed E-state index contributed by atoms with van der Waals surface area (Å²) in [4.78, 5) is 11.2. The van der Waals surface area contributed by atoms with Crippen LogP contribution in [0.4, 0.5) is 0 Å². The molecule has 1 aliphatic carbocycles. The molecular weight excluding hydrogens is 140 g/mol. The molecule has 1 N–H and O–H groups in total. The SMILES string of the molecule is CCCC1C(=O)CCC1(C)O. The van der Waals surface area contributed by atoms with Crippen LogP contribution in [-0.2, 0) is 4.79 Å². The Morgan fingerprint density at radius 2 is 2.36 bits per heavy atom. The van der Waals surface area contributed by atoms with E-state index in [0.29, 0.717) is 12.8 Å². The highest BCUT2D eigenvalue weighted by Crippen LogP contribution is 2.35. The maximum Gasteiger partial charge on any atom is 0.138 e. The first-order chi connectivity index (χ1) is 5.08. The van der Waals surface area contributed by atoms with Crippen molar-refractivity contribution in [3.63, 3.8) is 0 Å². The third-order valence-electron chi connectivity index (χ3n) is 2.59. The maximum absolute atomic E-state index is 11.2. The molecule has 0 spiro atoms. The first kappa shape index (κ1) is 8.72. The van der Waals surface area contributed by atoms with Crippen LogP contribution in [0.1, 0.15) is 39.5 Å². The lowest BCUT2D eigenvalue weighted by atomic mass is 9.89. The van der Waals surface area contributed by atoms with Gasteiger partial charge in [-0.25, -0.2) is 0 Å². The van der Waals surface area contributed by atoms with Gasteiger partial charge < -0.3 is 5.11 Å². The van der Waals surface area contributed by atoms with Crippen molar-refractivity contribution in [3.05, 3.63) is 0 Å². The predicted octanol–water partition coefficient (Wildman–Crippen LogP) is 1.52. The molecule has 11 heavy (non-hydrogen) atoms. The highest BCUT2D eigenvalue weighted by Gasteiger charge is 2.41. The Labute approximate surface area is 67.6 Å². The third-order valence-corrected chi connectivity index (χ3v) is 2.59. The summed E-state index contributed by atoms with van der Waals surface area (Å²) in [6.45, 7) is 3.82. The van der Waals surface area contributed by atoms with E-state index in [9.17, 15) is 9.90 Å². The molecule has 1 fully saturated rings. The van der Waals surface area contributed by atoms with E-state index in [0.717, 1.165) is 12.8 Å². The molecule has 1 saturated carbocycles. The Morgan fingerprint density at radius 3 is 2.73 bits per heavy atom. The minimum atomic E-state index is -0.715. The molecule has 2 unspecified atom stereocenters. The van der Waals surface area contributed by atoms with E-state index >= 15 is 0 Å². The Bertz CT molecular complexity index is 161. The van der Waals surface area contributed by atoms with Gasteiger partial charge in [0.2, 0.25) is 0 Å². The number of carbonyl (C=O) groups is 1. The summed E-state index contributed by atoms with van der Waals surface area (Å²) in [6.07, 6.45) is 3.03. The summed E-state index contributed by atoms with van der Waals surface area (Å²) in [5.41, 5.74) is -0.715. The van der Waals surface area contributed by atoms with Gasteiger partial charge in [0.05, 0.1) is 5.60 Å². The summed E-state index contributed by atoms with van der Waals surface area (Å²) in [7, 11) is 0. The van der Waals surface area contributed by atoms with Crippen molar-refractivity contribution in [1.29, 1.82) is 0 Å². The number of aliphatic hydroxyl groups is 1. The molecule has 0 aliphatic heterocycles. The molecule has 2 heteroatoms. The van der Waals surface area contributed by atoms with Crippen molar-refractivity contribution in [2.75, 3.05) is 0 Å². The van der Waals surface area contributed by atoms with Gasteiger partial charge in [0.1, 0.15) is 5.78 Å². The molecule has 0 saturated heterocycles. The average Bonchev–Trinajstić information content (AvgIpc) is 2.16. The van der Waals surface area contributed by atoms with Crippen molar-refractivity contribution in [2.45, 2.75) is 45.1 Å². The second kappa shape index (κ2) is 2.94. The zero-order chi connectivity index (χ0) is 8.48. The monoisotopic (exact) mass is 156 g/mol. The number of hydrogen-bond acceptors (Lipinski definition) is 2. The van der Waals surface area contributed by atoms with Crippen molar-refractivity contribution >= 4 is 5.78 Å². The fraction of sp³-hybridized carbons (Fsp3) is 0.889. The highest BCUT2D eigenvalue weighted by atomic mass is 16.3. The molecule has 1 rings (SSSR count). The van der Waals surface area contributed by atoms with E-state index in [1.165, 1.54) is 0 Å². The number of Topliss-reactive ketones (excluding diaryl/α,β-unsaturated/α-hetero) is 1. The van der Waals surface area contributed by atoms with Crippen LogP contribution < -0.4 is 0 Å². The van der Waals surface area contributed by atoms with Crippen LogP contribution in [0, 0.1) is 5.92 Å². The van der Waals surface area contributed by atoms with Crippen molar-refractivity contribution in [1.82, 2.24) is 0 Å². The molecule has 0 radical (unpaired) electrons. The van der Waals surface area contributed by atoms with Crippen LogP contribution in [0.5, 0.6) is 0 Å². The van der Waals surface area contributed by atoms with Gasteiger partial charge in [0.15, 0.2) is 0 Å². The fourth-order valence-corrected chi connectivity index (χ4v) is 1.83. The number of rotatable bonds is 2. The Hall–Kier alpha value is -0.370. The summed E-state index contributed by atoms with van der Waals surface area (Å²) in [5.74, 6) is 0.157. The molecular formula is C9H16O2. The van der Waals surface area contributed by atoms with E-state index in [1.54, 1.807) is 6.92 Å². The topological polar surface area (TPSA) is 37.3 Å². The van der Waals surface area contributed by atoms with E-state index in [1.807, 2.05) is 6.92 Å². The first-order valence-electron chi connectivity index (χ1n) is 4.33. The predicted molar refractivity (Wildman–Crippen MR) is 43.3 cm³/mol. The number of ketones is 1. The van der Waals surface area contributed by atoms with E-state index in [-0.39, 0.29) is 11.7 Å². The lowest BCUT2D eigenvalue weighted by Crippen LogP contribution is -2.31. The fourth-order valence-electron chi connectivity index (χ4n) is 1.83. The van der Waals surface area contributed by atoms with Crippen LogP contribution in [0.15, 0.2) is 0 Å². The number of carbonyl (C=O) groups excluding carboxylic acids is 1. The standard InChI is InChI=1S/C9H16O2/c1-3-4-7-8(10)5-6-9(7,2)11/h7,11H,3-6H2,1-2H3. The minimum absolute atomic E-state index is 0.0903. The summed E-state index contributed by atoms with van der Waals surface area (Å²) in [5, 5.41) is 9.73. The van der Waals surface area contributed by atoms with E-state index in [2.05, 4.69) is 0 Å². The minimum Gasteiger partial charge on any atom is -0.389 e. The average molecular weight is 156 g/mol. The van der Waals surface area contributed by atoms with Gasteiger partial charge in [-0.2, -0.15) is 0 Å². The molecule has 0 aromatic carbocycles. The van der Waals surface area contributed by atoms with E-state index in [4.69, 9.17) is 0 Å². The van der Waals surface area contributed by atoms with Crippen LogP contribution >= 0.6 is 0 Å². The largest absolute Gasteiger partial charge is 0.389 e.